The number of anilines is 1. The number of para-hydroxylation sites is 1. The van der Waals surface area contributed by atoms with E-state index in [2.05, 4.69) is 5.32 Å². The van der Waals surface area contributed by atoms with Crippen LogP contribution in [0, 0.1) is 0 Å². The van der Waals surface area contributed by atoms with Crippen LogP contribution in [0.25, 0.3) is 16.8 Å². The topological polar surface area (TPSA) is 91.2 Å². The van der Waals surface area contributed by atoms with Crippen molar-refractivity contribution < 1.29 is 19.0 Å². The van der Waals surface area contributed by atoms with Crippen molar-refractivity contribution in [2.75, 3.05) is 26.6 Å². The van der Waals surface area contributed by atoms with Gasteiger partial charge in [-0.05, 0) is 54.1 Å². The number of allylic oxidation sites excluding steroid dienone is 1. The minimum Gasteiger partial charge on any atom is -0.497 e. The largest absolute Gasteiger partial charge is 0.497 e. The fourth-order valence-electron chi connectivity index (χ4n) is 5.40. The summed E-state index contributed by atoms with van der Waals surface area (Å²) >= 11 is 1.27. The molecule has 6 rings (SSSR count). The number of methoxy groups -OCH3 is 3. The van der Waals surface area contributed by atoms with E-state index in [0.29, 0.717) is 49.1 Å². The number of ether oxygens (including phenoxy) is 3. The maximum absolute atomic E-state index is 14.3. The summed E-state index contributed by atoms with van der Waals surface area (Å²) in [5, 5.41) is 4.96. The third kappa shape index (κ3) is 5.08. The lowest BCUT2D eigenvalue weighted by atomic mass is 9.94. The number of carbonyl (C=O) groups excluding carboxylic acids is 1. The van der Waals surface area contributed by atoms with Crippen LogP contribution in [0.5, 0.6) is 17.2 Å². The molecule has 0 aliphatic carbocycles. The van der Waals surface area contributed by atoms with Crippen LogP contribution in [0.15, 0.2) is 106 Å². The van der Waals surface area contributed by atoms with Crippen molar-refractivity contribution in [3.63, 3.8) is 0 Å². The zero-order valence-electron chi connectivity index (χ0n) is 24.1. The van der Waals surface area contributed by atoms with Gasteiger partial charge in [-0.25, -0.2) is 4.99 Å². The highest BCUT2D eigenvalue weighted by Gasteiger charge is 2.34. The summed E-state index contributed by atoms with van der Waals surface area (Å²) in [6.45, 7) is 1.79. The monoisotopic (exact) mass is 591 g/mol. The van der Waals surface area contributed by atoms with Crippen LogP contribution in [0.3, 0.4) is 0 Å². The van der Waals surface area contributed by atoms with Gasteiger partial charge in [0.15, 0.2) is 4.80 Å². The van der Waals surface area contributed by atoms with Crippen LogP contribution in [0.2, 0.25) is 0 Å². The summed E-state index contributed by atoms with van der Waals surface area (Å²) in [5.74, 6) is 1.36. The number of carbonyl (C=O) groups is 1. The summed E-state index contributed by atoms with van der Waals surface area (Å²) < 4.78 is 18.9. The van der Waals surface area contributed by atoms with Gasteiger partial charge in [-0.3, -0.25) is 14.2 Å². The summed E-state index contributed by atoms with van der Waals surface area (Å²) in [6, 6.07) is 25.6. The fraction of sp³-hybridized carbons (Fsp3) is 0.147. The first-order chi connectivity index (χ1) is 20.9. The summed E-state index contributed by atoms with van der Waals surface area (Å²) in [5.41, 5.74) is 2.63. The van der Waals surface area contributed by atoms with E-state index in [4.69, 9.17) is 19.2 Å². The number of nitrogens with one attached hydrogen (secondary N) is 1. The van der Waals surface area contributed by atoms with Crippen LogP contribution in [0.1, 0.15) is 24.1 Å². The number of rotatable bonds is 7. The van der Waals surface area contributed by atoms with Gasteiger partial charge in [-0.15, -0.1) is 0 Å². The molecule has 1 N–H and O–H groups in total. The van der Waals surface area contributed by atoms with E-state index in [-0.39, 0.29) is 11.5 Å². The number of hydrogen-bond donors (Lipinski definition) is 1. The molecule has 0 saturated heterocycles. The van der Waals surface area contributed by atoms with Gasteiger partial charge in [-0.1, -0.05) is 59.9 Å². The van der Waals surface area contributed by atoms with Crippen LogP contribution >= 0.6 is 11.3 Å². The number of nitrogens with zero attached hydrogens (tertiary/aromatic N) is 2. The Morgan fingerprint density at radius 1 is 0.907 bits per heavy atom. The molecule has 1 aromatic heterocycles. The van der Waals surface area contributed by atoms with Gasteiger partial charge in [0, 0.05) is 22.9 Å². The predicted octanol–water partition coefficient (Wildman–Crippen LogP) is 5.05. The van der Waals surface area contributed by atoms with Crippen molar-refractivity contribution in [1.82, 2.24) is 4.57 Å². The third-order valence-corrected chi connectivity index (χ3v) is 8.44. The summed E-state index contributed by atoms with van der Waals surface area (Å²) in [6.07, 6.45) is 1.84. The van der Waals surface area contributed by atoms with Gasteiger partial charge in [0.2, 0.25) is 0 Å². The quantitative estimate of drug-likeness (QED) is 0.286. The molecule has 0 radical (unpaired) electrons. The first-order valence-electron chi connectivity index (χ1n) is 13.6. The maximum Gasteiger partial charge on any atom is 0.271 e. The molecular weight excluding hydrogens is 562 g/mol. The van der Waals surface area contributed by atoms with Crippen molar-refractivity contribution >= 4 is 39.8 Å². The lowest BCUT2D eigenvalue weighted by Gasteiger charge is -2.26. The number of aromatic nitrogens is 1. The Morgan fingerprint density at radius 3 is 2.40 bits per heavy atom. The SMILES string of the molecule is COc1ccc([C@@H]2C(C(=O)Nc3ccccc3)=C(C)N=c3s/c(=C\c4c(OC)ccc5ccccc45)c(=O)n32)c(OC)c1. The lowest BCUT2D eigenvalue weighted by molar-refractivity contribution is -0.113. The van der Waals surface area contributed by atoms with E-state index in [1.165, 1.54) is 11.3 Å². The highest BCUT2D eigenvalue weighted by molar-refractivity contribution is 7.07. The Bertz CT molecular complexity index is 2080. The minimum absolute atomic E-state index is 0.279. The number of amides is 1. The highest BCUT2D eigenvalue weighted by Crippen LogP contribution is 2.38. The average molecular weight is 592 g/mol. The number of fused-ring (bicyclic) bond motifs is 2. The third-order valence-electron chi connectivity index (χ3n) is 7.46. The van der Waals surface area contributed by atoms with Crippen LogP contribution in [0.4, 0.5) is 5.69 Å². The Morgan fingerprint density at radius 2 is 1.65 bits per heavy atom. The standard InChI is InChI=1S/C34H29N3O5S/c1-20-30(32(38)36-22-11-6-5-7-12-22)31(25-16-15-23(40-2)18-28(25)42-4)37-33(39)29(43-34(37)35-20)19-26-24-13-9-8-10-21(24)14-17-27(26)41-3/h5-19,31H,1-4H3,(H,36,38)/b29-19-/t31-/m1/s1. The fourth-order valence-corrected chi connectivity index (χ4v) is 6.43. The van der Waals surface area contributed by atoms with E-state index in [0.717, 1.165) is 16.3 Å². The first-order valence-corrected chi connectivity index (χ1v) is 14.4. The maximum atomic E-state index is 14.3. The average Bonchev–Trinajstić information content (AvgIpc) is 3.34. The Hall–Kier alpha value is -5.15. The van der Waals surface area contributed by atoms with Crippen molar-refractivity contribution in [2.45, 2.75) is 13.0 Å². The molecule has 8 nitrogen and oxygen atoms in total. The van der Waals surface area contributed by atoms with E-state index < -0.39 is 6.04 Å². The van der Waals surface area contributed by atoms with Crippen molar-refractivity contribution in [3.05, 3.63) is 127 Å². The zero-order chi connectivity index (χ0) is 30.1. The Kier molecular flexibility index (Phi) is 7.56. The molecule has 1 amide bonds. The van der Waals surface area contributed by atoms with E-state index in [1.54, 1.807) is 45.0 Å². The van der Waals surface area contributed by atoms with Crippen LogP contribution in [-0.2, 0) is 4.79 Å². The molecule has 0 spiro atoms. The highest BCUT2D eigenvalue weighted by atomic mass is 32.1. The lowest BCUT2D eigenvalue weighted by Crippen LogP contribution is -2.40. The zero-order valence-corrected chi connectivity index (χ0v) is 24.9. The predicted molar refractivity (Wildman–Crippen MR) is 169 cm³/mol. The second-order valence-electron chi connectivity index (χ2n) is 9.91. The molecule has 216 valence electrons. The van der Waals surface area contributed by atoms with Crippen molar-refractivity contribution in [2.24, 2.45) is 4.99 Å². The van der Waals surface area contributed by atoms with Crippen molar-refractivity contribution in [1.29, 1.82) is 0 Å². The van der Waals surface area contributed by atoms with Gasteiger partial charge in [0.05, 0.1) is 37.1 Å². The summed E-state index contributed by atoms with van der Waals surface area (Å²) in [7, 11) is 4.73. The smallest absolute Gasteiger partial charge is 0.271 e. The van der Waals surface area contributed by atoms with Crippen LogP contribution in [-0.4, -0.2) is 31.8 Å². The molecule has 2 heterocycles. The molecule has 5 aromatic rings. The number of benzene rings is 4. The van der Waals surface area contributed by atoms with E-state index in [1.807, 2.05) is 78.9 Å². The van der Waals surface area contributed by atoms with E-state index in [9.17, 15) is 9.59 Å². The first kappa shape index (κ1) is 28.0. The normalized spacial score (nSPS) is 14.7. The summed E-state index contributed by atoms with van der Waals surface area (Å²) in [4.78, 5) is 33.5. The molecule has 0 unspecified atom stereocenters. The molecule has 4 aromatic carbocycles. The molecule has 9 heteroatoms. The molecule has 0 saturated carbocycles. The minimum atomic E-state index is -0.808. The number of hydrogen-bond acceptors (Lipinski definition) is 7. The molecule has 1 aliphatic heterocycles. The van der Waals surface area contributed by atoms with Crippen LogP contribution < -0.4 is 34.4 Å². The van der Waals surface area contributed by atoms with Gasteiger partial charge in [-0.2, -0.15) is 0 Å². The second-order valence-corrected chi connectivity index (χ2v) is 10.9. The van der Waals surface area contributed by atoms with Gasteiger partial charge in [0.25, 0.3) is 11.5 Å². The Balaban J connectivity index is 1.59. The molecule has 0 bridgehead atoms. The Labute approximate surface area is 251 Å². The van der Waals surface area contributed by atoms with E-state index >= 15 is 0 Å². The van der Waals surface area contributed by atoms with Gasteiger partial charge in [0.1, 0.15) is 23.3 Å². The van der Waals surface area contributed by atoms with Crippen molar-refractivity contribution in [3.8, 4) is 17.2 Å². The van der Waals surface area contributed by atoms with Gasteiger partial charge < -0.3 is 19.5 Å². The second kappa shape index (κ2) is 11.6. The molecule has 43 heavy (non-hydrogen) atoms. The molecule has 0 fully saturated rings. The van der Waals surface area contributed by atoms with Gasteiger partial charge >= 0.3 is 0 Å². The molecule has 1 aliphatic rings. The molecule has 1 atom stereocenters. The molecular formula is C34H29N3O5S. The number of thiazole rings is 1.